The number of fused-ring (bicyclic) bond motifs is 1. The number of nitrogens with zero attached hydrogens (tertiary/aromatic N) is 3. The lowest BCUT2D eigenvalue weighted by Crippen LogP contribution is -2.23. The highest BCUT2D eigenvalue weighted by Crippen LogP contribution is 2.30. The molecule has 2 aromatic heterocycles. The molecule has 0 saturated heterocycles. The van der Waals surface area contributed by atoms with Crippen LogP contribution in [0, 0.1) is 5.92 Å². The number of nitrogens with one attached hydrogen (secondary N) is 1. The average molecular weight is 372 g/mol. The first kappa shape index (κ1) is 18.3. The van der Waals surface area contributed by atoms with Crippen molar-refractivity contribution in [2.45, 2.75) is 13.3 Å². The fourth-order valence-electron chi connectivity index (χ4n) is 3.08. The van der Waals surface area contributed by atoms with Gasteiger partial charge in [0.05, 0.1) is 22.4 Å². The number of hydrogen-bond donors (Lipinski definition) is 1. The van der Waals surface area contributed by atoms with Crippen molar-refractivity contribution in [2.75, 3.05) is 24.3 Å². The van der Waals surface area contributed by atoms with Gasteiger partial charge in [0.15, 0.2) is 0 Å². The molecule has 0 spiro atoms. The number of aromatic nitrogens is 2. The SMILES string of the molecule is CC(Cc1cccs1)C(=O)Nc1cc2c(cc1N(C)C)n(C)c(=O)n2C. The van der Waals surface area contributed by atoms with Crippen molar-refractivity contribution in [2.24, 2.45) is 20.0 Å². The van der Waals surface area contributed by atoms with Crippen LogP contribution in [0.25, 0.3) is 11.0 Å². The van der Waals surface area contributed by atoms with E-state index in [0.717, 1.165) is 16.7 Å². The summed E-state index contributed by atoms with van der Waals surface area (Å²) in [5.41, 5.74) is 3.14. The summed E-state index contributed by atoms with van der Waals surface area (Å²) in [5, 5.41) is 5.07. The largest absolute Gasteiger partial charge is 0.376 e. The zero-order valence-electron chi connectivity index (χ0n) is 15.7. The molecule has 7 heteroatoms. The molecular weight excluding hydrogens is 348 g/mol. The Labute approximate surface area is 156 Å². The van der Waals surface area contributed by atoms with Gasteiger partial charge >= 0.3 is 5.69 Å². The molecular formula is C19H24N4O2S. The van der Waals surface area contributed by atoms with Gasteiger partial charge in [-0.25, -0.2) is 4.79 Å². The molecule has 0 bridgehead atoms. The van der Waals surface area contributed by atoms with Crippen molar-refractivity contribution in [3.05, 3.63) is 45.0 Å². The standard InChI is InChI=1S/C19H24N4O2S/c1-12(9-13-7-6-8-26-13)18(24)20-14-10-16-17(11-15(14)21(2)3)23(5)19(25)22(16)4/h6-8,10-12H,9H2,1-5H3,(H,20,24). The first-order valence-corrected chi connectivity index (χ1v) is 9.37. The normalized spacial score (nSPS) is 12.3. The Hall–Kier alpha value is -2.54. The minimum absolute atomic E-state index is 0.0261. The summed E-state index contributed by atoms with van der Waals surface area (Å²) >= 11 is 1.66. The lowest BCUT2D eigenvalue weighted by molar-refractivity contribution is -0.119. The topological polar surface area (TPSA) is 59.3 Å². The number of amides is 1. The molecule has 1 amide bonds. The zero-order valence-corrected chi connectivity index (χ0v) is 16.6. The molecule has 0 saturated carbocycles. The molecule has 1 atom stereocenters. The van der Waals surface area contributed by atoms with E-state index < -0.39 is 0 Å². The minimum Gasteiger partial charge on any atom is -0.376 e. The number of benzene rings is 1. The number of anilines is 2. The van der Waals surface area contributed by atoms with Gasteiger partial charge in [0, 0.05) is 39.0 Å². The molecule has 0 aliphatic rings. The summed E-state index contributed by atoms with van der Waals surface area (Å²) in [6.45, 7) is 1.93. The van der Waals surface area contributed by atoms with Gasteiger partial charge in [0.2, 0.25) is 5.91 Å². The second kappa shape index (κ2) is 6.99. The van der Waals surface area contributed by atoms with Crippen molar-refractivity contribution in [3.63, 3.8) is 0 Å². The molecule has 26 heavy (non-hydrogen) atoms. The number of imidazole rings is 1. The number of rotatable bonds is 5. The molecule has 0 radical (unpaired) electrons. The van der Waals surface area contributed by atoms with Crippen molar-refractivity contribution in [1.29, 1.82) is 0 Å². The van der Waals surface area contributed by atoms with E-state index in [1.807, 2.05) is 55.6 Å². The summed E-state index contributed by atoms with van der Waals surface area (Å²) in [7, 11) is 7.34. The third kappa shape index (κ3) is 3.26. The highest BCUT2D eigenvalue weighted by molar-refractivity contribution is 7.09. The molecule has 0 aliphatic carbocycles. The van der Waals surface area contributed by atoms with Crippen molar-refractivity contribution >= 4 is 39.7 Å². The van der Waals surface area contributed by atoms with E-state index in [0.29, 0.717) is 12.1 Å². The van der Waals surface area contributed by atoms with Crippen LogP contribution in [0.15, 0.2) is 34.4 Å². The summed E-state index contributed by atoms with van der Waals surface area (Å²) in [5.74, 6) is -0.166. The minimum atomic E-state index is -0.140. The van der Waals surface area contributed by atoms with Gasteiger partial charge in [-0.3, -0.25) is 13.9 Å². The van der Waals surface area contributed by atoms with Crippen LogP contribution in [0.1, 0.15) is 11.8 Å². The van der Waals surface area contributed by atoms with Gasteiger partial charge in [0.1, 0.15) is 0 Å². The smallest absolute Gasteiger partial charge is 0.328 e. The monoisotopic (exact) mass is 372 g/mol. The van der Waals surface area contributed by atoms with E-state index in [9.17, 15) is 9.59 Å². The predicted octanol–water partition coefficient (Wildman–Crippen LogP) is 2.82. The highest BCUT2D eigenvalue weighted by Gasteiger charge is 2.19. The Balaban J connectivity index is 1.95. The lowest BCUT2D eigenvalue weighted by Gasteiger charge is -2.20. The highest BCUT2D eigenvalue weighted by atomic mass is 32.1. The number of carbonyl (C=O) groups is 1. The second-order valence-corrected chi connectivity index (χ2v) is 7.86. The molecule has 6 nitrogen and oxygen atoms in total. The van der Waals surface area contributed by atoms with Crippen LogP contribution in [0.3, 0.4) is 0 Å². The summed E-state index contributed by atoms with van der Waals surface area (Å²) in [6, 6.07) is 7.86. The van der Waals surface area contributed by atoms with Gasteiger partial charge < -0.3 is 10.2 Å². The Morgan fingerprint density at radius 2 is 1.88 bits per heavy atom. The Morgan fingerprint density at radius 3 is 2.46 bits per heavy atom. The first-order chi connectivity index (χ1) is 12.3. The summed E-state index contributed by atoms with van der Waals surface area (Å²) in [4.78, 5) is 28.1. The van der Waals surface area contributed by atoms with Crippen molar-refractivity contribution in [1.82, 2.24) is 9.13 Å². The fourth-order valence-corrected chi connectivity index (χ4v) is 3.92. The second-order valence-electron chi connectivity index (χ2n) is 6.83. The van der Waals surface area contributed by atoms with E-state index >= 15 is 0 Å². The maximum Gasteiger partial charge on any atom is 0.328 e. The van der Waals surface area contributed by atoms with Crippen LogP contribution in [0.2, 0.25) is 0 Å². The predicted molar refractivity (Wildman–Crippen MR) is 108 cm³/mol. The maximum absolute atomic E-state index is 12.7. The van der Waals surface area contributed by atoms with E-state index in [4.69, 9.17) is 0 Å². The molecule has 0 aliphatic heterocycles. The van der Waals surface area contributed by atoms with Crippen LogP contribution in [0.4, 0.5) is 11.4 Å². The quantitative estimate of drug-likeness (QED) is 0.749. The van der Waals surface area contributed by atoms with Crippen LogP contribution in [-0.4, -0.2) is 29.1 Å². The number of carbonyl (C=O) groups excluding carboxylic acids is 1. The van der Waals surface area contributed by atoms with Crippen LogP contribution in [0.5, 0.6) is 0 Å². The zero-order chi connectivity index (χ0) is 19.0. The molecule has 1 aromatic carbocycles. The molecule has 1 N–H and O–H groups in total. The summed E-state index contributed by atoms with van der Waals surface area (Å²) < 4.78 is 3.22. The van der Waals surface area contributed by atoms with Gasteiger partial charge in [-0.15, -0.1) is 11.3 Å². The average Bonchev–Trinajstić information content (AvgIpc) is 3.18. The van der Waals surface area contributed by atoms with E-state index in [1.54, 1.807) is 34.6 Å². The number of aryl methyl sites for hydroxylation is 2. The summed E-state index contributed by atoms with van der Waals surface area (Å²) in [6.07, 6.45) is 0.715. The van der Waals surface area contributed by atoms with Gasteiger partial charge in [0.25, 0.3) is 0 Å². The van der Waals surface area contributed by atoms with Gasteiger partial charge in [-0.05, 0) is 30.0 Å². The van der Waals surface area contributed by atoms with E-state index in [-0.39, 0.29) is 17.5 Å². The molecule has 0 fully saturated rings. The molecule has 3 rings (SSSR count). The van der Waals surface area contributed by atoms with Crippen LogP contribution in [-0.2, 0) is 25.3 Å². The van der Waals surface area contributed by atoms with Crippen LogP contribution < -0.4 is 15.9 Å². The third-order valence-electron chi connectivity index (χ3n) is 4.66. The van der Waals surface area contributed by atoms with E-state index in [2.05, 4.69) is 5.32 Å². The Kier molecular flexibility index (Phi) is 4.91. The Morgan fingerprint density at radius 1 is 1.23 bits per heavy atom. The first-order valence-electron chi connectivity index (χ1n) is 8.49. The number of thiophene rings is 1. The number of hydrogen-bond acceptors (Lipinski definition) is 4. The molecule has 2 heterocycles. The van der Waals surface area contributed by atoms with Crippen LogP contribution >= 0.6 is 11.3 Å². The maximum atomic E-state index is 12.7. The van der Waals surface area contributed by atoms with Gasteiger partial charge in [-0.2, -0.15) is 0 Å². The molecule has 3 aromatic rings. The van der Waals surface area contributed by atoms with Crippen molar-refractivity contribution in [3.8, 4) is 0 Å². The molecule has 138 valence electrons. The van der Waals surface area contributed by atoms with Gasteiger partial charge in [-0.1, -0.05) is 13.0 Å². The molecule has 1 unspecified atom stereocenters. The third-order valence-corrected chi connectivity index (χ3v) is 5.56. The fraction of sp³-hybridized carbons (Fsp3) is 0.368. The Bertz CT molecular complexity index is 999. The van der Waals surface area contributed by atoms with E-state index in [1.165, 1.54) is 4.88 Å². The lowest BCUT2D eigenvalue weighted by atomic mass is 10.1. The van der Waals surface area contributed by atoms with Crippen molar-refractivity contribution < 1.29 is 4.79 Å².